The third kappa shape index (κ3) is 1.79. The number of hydrogen-bond donors (Lipinski definition) is 1. The van der Waals surface area contributed by atoms with Gasteiger partial charge in [0.1, 0.15) is 0 Å². The fraction of sp³-hybridized carbons (Fsp3) is 0.455. The standard InChI is InChI=1S/C11H13ClN4/c12-9-3-6-16-10(7-9)14-11(15-16)8-1-4-13-5-2-8/h3,6-8,13H,1-2,4-5H2. The van der Waals surface area contributed by atoms with Gasteiger partial charge in [-0.2, -0.15) is 5.10 Å². The molecule has 0 atom stereocenters. The van der Waals surface area contributed by atoms with E-state index in [0.29, 0.717) is 10.9 Å². The molecule has 0 saturated carbocycles. The molecule has 4 nitrogen and oxygen atoms in total. The normalized spacial score (nSPS) is 18.1. The molecule has 0 bridgehead atoms. The third-order valence-corrected chi connectivity index (χ3v) is 3.26. The van der Waals surface area contributed by atoms with Gasteiger partial charge in [0, 0.05) is 23.2 Å². The van der Waals surface area contributed by atoms with E-state index in [9.17, 15) is 0 Å². The Kier molecular flexibility index (Phi) is 2.53. The van der Waals surface area contributed by atoms with E-state index in [0.717, 1.165) is 37.4 Å². The van der Waals surface area contributed by atoms with E-state index in [2.05, 4.69) is 15.4 Å². The monoisotopic (exact) mass is 236 g/mol. The Morgan fingerprint density at radius 2 is 2.19 bits per heavy atom. The maximum absolute atomic E-state index is 5.92. The first-order valence-electron chi connectivity index (χ1n) is 5.55. The number of nitrogens with one attached hydrogen (secondary N) is 1. The van der Waals surface area contributed by atoms with Crippen molar-refractivity contribution in [1.82, 2.24) is 19.9 Å². The molecular formula is C11H13ClN4. The summed E-state index contributed by atoms with van der Waals surface area (Å²) >= 11 is 5.92. The Hall–Kier alpha value is -1.13. The third-order valence-electron chi connectivity index (χ3n) is 3.02. The van der Waals surface area contributed by atoms with Crippen molar-refractivity contribution in [1.29, 1.82) is 0 Å². The minimum Gasteiger partial charge on any atom is -0.317 e. The summed E-state index contributed by atoms with van der Waals surface area (Å²) in [5.74, 6) is 1.43. The summed E-state index contributed by atoms with van der Waals surface area (Å²) in [6.45, 7) is 2.11. The van der Waals surface area contributed by atoms with Gasteiger partial charge in [-0.1, -0.05) is 11.6 Å². The van der Waals surface area contributed by atoms with E-state index in [-0.39, 0.29) is 0 Å². The first-order valence-corrected chi connectivity index (χ1v) is 5.93. The van der Waals surface area contributed by atoms with E-state index < -0.39 is 0 Å². The molecule has 3 heterocycles. The summed E-state index contributed by atoms with van der Waals surface area (Å²) in [5, 5.41) is 8.55. The molecule has 1 N–H and O–H groups in total. The number of fused-ring (bicyclic) bond motifs is 1. The van der Waals surface area contributed by atoms with Crippen LogP contribution in [0, 0.1) is 0 Å². The van der Waals surface area contributed by atoms with Gasteiger partial charge in [-0.05, 0) is 32.0 Å². The second-order valence-electron chi connectivity index (χ2n) is 4.14. The zero-order valence-corrected chi connectivity index (χ0v) is 9.61. The average molecular weight is 237 g/mol. The summed E-state index contributed by atoms with van der Waals surface area (Å²) < 4.78 is 1.79. The number of halogens is 1. The van der Waals surface area contributed by atoms with Crippen molar-refractivity contribution in [2.24, 2.45) is 0 Å². The molecule has 0 aromatic carbocycles. The van der Waals surface area contributed by atoms with Gasteiger partial charge in [-0.15, -0.1) is 0 Å². The molecule has 16 heavy (non-hydrogen) atoms. The highest BCUT2D eigenvalue weighted by atomic mass is 35.5. The van der Waals surface area contributed by atoms with Crippen LogP contribution in [-0.4, -0.2) is 27.7 Å². The summed E-state index contributed by atoms with van der Waals surface area (Å²) in [7, 11) is 0. The number of pyridine rings is 1. The molecule has 84 valence electrons. The number of aromatic nitrogens is 3. The van der Waals surface area contributed by atoms with Crippen LogP contribution in [0.4, 0.5) is 0 Å². The molecule has 1 fully saturated rings. The van der Waals surface area contributed by atoms with Crippen molar-refractivity contribution in [3.8, 4) is 0 Å². The van der Waals surface area contributed by atoms with Crippen LogP contribution in [0.1, 0.15) is 24.6 Å². The van der Waals surface area contributed by atoms with E-state index >= 15 is 0 Å². The van der Waals surface area contributed by atoms with Crippen molar-refractivity contribution < 1.29 is 0 Å². The Morgan fingerprint density at radius 3 is 3.00 bits per heavy atom. The number of nitrogens with zero attached hydrogens (tertiary/aromatic N) is 3. The zero-order chi connectivity index (χ0) is 11.0. The fourth-order valence-electron chi connectivity index (χ4n) is 2.13. The van der Waals surface area contributed by atoms with Crippen LogP contribution in [-0.2, 0) is 0 Å². The summed E-state index contributed by atoms with van der Waals surface area (Å²) in [6, 6.07) is 3.68. The van der Waals surface area contributed by atoms with E-state index in [4.69, 9.17) is 11.6 Å². The van der Waals surface area contributed by atoms with Crippen LogP contribution in [0.3, 0.4) is 0 Å². The SMILES string of the molecule is Clc1ccn2nc(C3CCNCC3)nc2c1. The molecule has 0 aliphatic carbocycles. The van der Waals surface area contributed by atoms with Gasteiger partial charge in [-0.3, -0.25) is 0 Å². The lowest BCUT2D eigenvalue weighted by Crippen LogP contribution is -2.27. The fourth-order valence-corrected chi connectivity index (χ4v) is 2.28. The molecule has 0 amide bonds. The van der Waals surface area contributed by atoms with Gasteiger partial charge >= 0.3 is 0 Å². The van der Waals surface area contributed by atoms with Crippen LogP contribution in [0.15, 0.2) is 18.3 Å². The van der Waals surface area contributed by atoms with E-state index in [1.54, 1.807) is 4.52 Å². The highest BCUT2D eigenvalue weighted by Gasteiger charge is 2.19. The topological polar surface area (TPSA) is 42.2 Å². The molecule has 0 spiro atoms. The van der Waals surface area contributed by atoms with Gasteiger partial charge in [-0.25, -0.2) is 9.50 Å². The second kappa shape index (κ2) is 4.03. The molecule has 0 radical (unpaired) electrons. The van der Waals surface area contributed by atoms with Crippen LogP contribution < -0.4 is 5.32 Å². The molecule has 5 heteroatoms. The first-order chi connectivity index (χ1) is 7.83. The van der Waals surface area contributed by atoms with Crippen molar-refractivity contribution in [3.05, 3.63) is 29.2 Å². The predicted octanol–water partition coefficient (Wildman–Crippen LogP) is 1.85. The smallest absolute Gasteiger partial charge is 0.157 e. The number of piperidine rings is 1. The number of rotatable bonds is 1. The van der Waals surface area contributed by atoms with Gasteiger partial charge in [0.25, 0.3) is 0 Å². The minimum absolute atomic E-state index is 0.486. The Morgan fingerprint density at radius 1 is 1.38 bits per heavy atom. The zero-order valence-electron chi connectivity index (χ0n) is 8.86. The Balaban J connectivity index is 1.97. The highest BCUT2D eigenvalue weighted by Crippen LogP contribution is 2.23. The molecule has 3 rings (SSSR count). The van der Waals surface area contributed by atoms with Crippen LogP contribution in [0.5, 0.6) is 0 Å². The molecule has 1 saturated heterocycles. The number of hydrogen-bond acceptors (Lipinski definition) is 3. The Bertz CT molecular complexity index is 502. The summed E-state index contributed by atoms with van der Waals surface area (Å²) in [5.41, 5.74) is 0.834. The molecule has 1 aliphatic heterocycles. The van der Waals surface area contributed by atoms with Gasteiger partial charge in [0.15, 0.2) is 11.5 Å². The average Bonchev–Trinajstić information content (AvgIpc) is 2.73. The summed E-state index contributed by atoms with van der Waals surface area (Å²) in [6.07, 6.45) is 4.09. The van der Waals surface area contributed by atoms with Crippen LogP contribution >= 0.6 is 11.6 Å². The van der Waals surface area contributed by atoms with Crippen molar-refractivity contribution in [2.45, 2.75) is 18.8 Å². The lowest BCUT2D eigenvalue weighted by molar-refractivity contribution is 0.445. The van der Waals surface area contributed by atoms with Crippen molar-refractivity contribution in [2.75, 3.05) is 13.1 Å². The molecular weight excluding hydrogens is 224 g/mol. The molecule has 2 aromatic heterocycles. The summed E-state index contributed by atoms with van der Waals surface area (Å²) in [4.78, 5) is 4.54. The quantitative estimate of drug-likeness (QED) is 0.822. The lowest BCUT2D eigenvalue weighted by Gasteiger charge is -2.19. The van der Waals surface area contributed by atoms with Gasteiger partial charge < -0.3 is 5.32 Å². The van der Waals surface area contributed by atoms with Crippen molar-refractivity contribution >= 4 is 17.2 Å². The maximum atomic E-state index is 5.92. The Labute approximate surface area is 98.6 Å². The van der Waals surface area contributed by atoms with Crippen LogP contribution in [0.2, 0.25) is 5.02 Å². The van der Waals surface area contributed by atoms with Crippen molar-refractivity contribution in [3.63, 3.8) is 0 Å². The second-order valence-corrected chi connectivity index (χ2v) is 4.58. The highest BCUT2D eigenvalue weighted by molar-refractivity contribution is 6.30. The molecule has 2 aromatic rings. The van der Waals surface area contributed by atoms with Crippen LogP contribution in [0.25, 0.3) is 5.65 Å². The predicted molar refractivity (Wildman–Crippen MR) is 62.8 cm³/mol. The van der Waals surface area contributed by atoms with Gasteiger partial charge in [0.2, 0.25) is 0 Å². The largest absolute Gasteiger partial charge is 0.317 e. The molecule has 1 aliphatic rings. The molecule has 0 unspecified atom stereocenters. The maximum Gasteiger partial charge on any atom is 0.157 e. The van der Waals surface area contributed by atoms with E-state index in [1.807, 2.05) is 18.3 Å². The van der Waals surface area contributed by atoms with Gasteiger partial charge in [0.05, 0.1) is 0 Å². The van der Waals surface area contributed by atoms with E-state index in [1.165, 1.54) is 0 Å². The first kappa shape index (κ1) is 10.1. The minimum atomic E-state index is 0.486. The lowest BCUT2D eigenvalue weighted by atomic mass is 9.98.